The quantitative estimate of drug-likeness (QED) is 0.665. The largest absolute Gasteiger partial charge is 0.497 e. The van der Waals surface area contributed by atoms with E-state index in [1.54, 1.807) is 13.2 Å². The van der Waals surface area contributed by atoms with Crippen molar-refractivity contribution in [1.82, 2.24) is 9.97 Å². The predicted molar refractivity (Wildman–Crippen MR) is 81.6 cm³/mol. The van der Waals surface area contributed by atoms with Crippen LogP contribution in [0.2, 0.25) is 0 Å². The number of nitrogens with zero attached hydrogens (tertiary/aromatic N) is 2. The van der Waals surface area contributed by atoms with Crippen LogP contribution in [0.5, 0.6) is 17.4 Å². The van der Waals surface area contributed by atoms with Crippen molar-refractivity contribution >= 4 is 5.82 Å². The smallest absolute Gasteiger partial charge is 0.224 e. The summed E-state index contributed by atoms with van der Waals surface area (Å²) >= 11 is 0. The maximum absolute atomic E-state index is 5.88. The first-order valence-corrected chi connectivity index (χ1v) is 6.59. The van der Waals surface area contributed by atoms with E-state index in [1.165, 1.54) is 6.33 Å². The monoisotopic (exact) mass is 288 g/mol. The summed E-state index contributed by atoms with van der Waals surface area (Å²) in [6, 6.07) is 7.33. The molecule has 0 spiro atoms. The molecule has 1 aromatic carbocycles. The van der Waals surface area contributed by atoms with E-state index < -0.39 is 0 Å². The maximum atomic E-state index is 5.88. The molecule has 6 heteroatoms. The van der Waals surface area contributed by atoms with E-state index in [-0.39, 0.29) is 5.41 Å². The Morgan fingerprint density at radius 2 is 1.90 bits per heavy atom. The van der Waals surface area contributed by atoms with Crippen LogP contribution in [0.1, 0.15) is 26.3 Å². The number of benzene rings is 1. The molecule has 1 heterocycles. The third kappa shape index (κ3) is 3.61. The molecule has 0 radical (unpaired) electrons. The van der Waals surface area contributed by atoms with Gasteiger partial charge < -0.3 is 14.9 Å². The highest BCUT2D eigenvalue weighted by molar-refractivity contribution is 5.46. The zero-order valence-corrected chi connectivity index (χ0v) is 12.7. The molecule has 21 heavy (non-hydrogen) atoms. The lowest BCUT2D eigenvalue weighted by atomic mass is 9.86. The van der Waals surface area contributed by atoms with Gasteiger partial charge in [-0.1, -0.05) is 20.8 Å². The number of nitrogens with two attached hydrogens (primary N) is 1. The molecular weight excluding hydrogens is 268 g/mol. The van der Waals surface area contributed by atoms with Crippen LogP contribution in [-0.2, 0) is 5.41 Å². The van der Waals surface area contributed by atoms with Gasteiger partial charge >= 0.3 is 0 Å². The standard InChI is InChI=1S/C15H20N4O2/c1-15(2,3)11-7-10(20-4)5-6-12(11)21-14-8-13(19-16)17-9-18-14/h5-9H,16H2,1-4H3,(H,17,18,19). The minimum atomic E-state index is -0.0914. The minimum absolute atomic E-state index is 0.0914. The number of hydrazine groups is 1. The molecule has 112 valence electrons. The van der Waals surface area contributed by atoms with Crippen molar-refractivity contribution in [2.45, 2.75) is 26.2 Å². The van der Waals surface area contributed by atoms with Crippen LogP contribution >= 0.6 is 0 Å². The fraction of sp³-hybridized carbons (Fsp3) is 0.333. The molecule has 0 saturated heterocycles. The van der Waals surface area contributed by atoms with Crippen LogP contribution in [-0.4, -0.2) is 17.1 Å². The molecule has 6 nitrogen and oxygen atoms in total. The number of hydrogen-bond acceptors (Lipinski definition) is 6. The molecule has 0 bridgehead atoms. The summed E-state index contributed by atoms with van der Waals surface area (Å²) in [5, 5.41) is 0. The summed E-state index contributed by atoms with van der Waals surface area (Å²) in [7, 11) is 1.64. The van der Waals surface area contributed by atoms with Crippen molar-refractivity contribution in [3.05, 3.63) is 36.2 Å². The average Bonchev–Trinajstić information content (AvgIpc) is 2.46. The average molecular weight is 288 g/mol. The van der Waals surface area contributed by atoms with Gasteiger partial charge in [0, 0.05) is 11.6 Å². The Labute approximate surface area is 124 Å². The summed E-state index contributed by atoms with van der Waals surface area (Å²) in [6.07, 6.45) is 1.39. The lowest BCUT2D eigenvalue weighted by Crippen LogP contribution is -2.13. The third-order valence-electron chi connectivity index (χ3n) is 3.00. The van der Waals surface area contributed by atoms with Crippen molar-refractivity contribution in [3.8, 4) is 17.4 Å². The van der Waals surface area contributed by atoms with Gasteiger partial charge in [-0.2, -0.15) is 0 Å². The highest BCUT2D eigenvalue weighted by Crippen LogP contribution is 2.36. The number of nitrogens with one attached hydrogen (secondary N) is 1. The van der Waals surface area contributed by atoms with Crippen LogP contribution in [0.4, 0.5) is 5.82 Å². The second-order valence-electron chi connectivity index (χ2n) is 5.60. The van der Waals surface area contributed by atoms with Gasteiger partial charge in [0.05, 0.1) is 7.11 Å². The normalized spacial score (nSPS) is 11.1. The van der Waals surface area contributed by atoms with Gasteiger partial charge in [0.25, 0.3) is 0 Å². The fourth-order valence-corrected chi connectivity index (χ4v) is 1.90. The van der Waals surface area contributed by atoms with Crippen molar-refractivity contribution in [2.75, 3.05) is 12.5 Å². The molecular formula is C15H20N4O2. The van der Waals surface area contributed by atoms with E-state index in [4.69, 9.17) is 15.3 Å². The number of ether oxygens (including phenoxy) is 2. The van der Waals surface area contributed by atoms with Gasteiger partial charge in [0.1, 0.15) is 23.6 Å². The van der Waals surface area contributed by atoms with E-state index in [2.05, 4.69) is 36.2 Å². The van der Waals surface area contributed by atoms with Crippen molar-refractivity contribution in [2.24, 2.45) is 5.84 Å². The van der Waals surface area contributed by atoms with Crippen LogP contribution in [0.25, 0.3) is 0 Å². The van der Waals surface area contributed by atoms with Crippen LogP contribution in [0.3, 0.4) is 0 Å². The van der Waals surface area contributed by atoms with E-state index in [9.17, 15) is 0 Å². The summed E-state index contributed by atoms with van der Waals surface area (Å²) < 4.78 is 11.2. The van der Waals surface area contributed by atoms with Crippen molar-refractivity contribution in [1.29, 1.82) is 0 Å². The van der Waals surface area contributed by atoms with Gasteiger partial charge in [-0.05, 0) is 23.6 Å². The zero-order chi connectivity index (χ0) is 15.5. The first-order valence-electron chi connectivity index (χ1n) is 6.59. The van der Waals surface area contributed by atoms with Crippen LogP contribution in [0, 0.1) is 0 Å². The number of hydrogen-bond donors (Lipinski definition) is 2. The SMILES string of the molecule is COc1ccc(Oc2cc(NN)ncn2)c(C(C)(C)C)c1. The van der Waals surface area contributed by atoms with Crippen LogP contribution < -0.4 is 20.7 Å². The number of anilines is 1. The molecule has 3 N–H and O–H groups in total. The lowest BCUT2D eigenvalue weighted by molar-refractivity contribution is 0.405. The highest BCUT2D eigenvalue weighted by Gasteiger charge is 2.20. The second-order valence-corrected chi connectivity index (χ2v) is 5.60. The van der Waals surface area contributed by atoms with Gasteiger partial charge in [-0.25, -0.2) is 15.8 Å². The third-order valence-corrected chi connectivity index (χ3v) is 3.00. The first kappa shape index (κ1) is 15.1. The van der Waals surface area contributed by atoms with Crippen LogP contribution in [0.15, 0.2) is 30.6 Å². The Balaban J connectivity index is 2.39. The zero-order valence-electron chi connectivity index (χ0n) is 12.7. The molecule has 0 atom stereocenters. The van der Waals surface area contributed by atoms with Gasteiger partial charge in [-0.3, -0.25) is 0 Å². The van der Waals surface area contributed by atoms with Gasteiger partial charge in [-0.15, -0.1) is 0 Å². The molecule has 1 aromatic heterocycles. The topological polar surface area (TPSA) is 82.3 Å². The molecule has 0 aliphatic rings. The fourth-order valence-electron chi connectivity index (χ4n) is 1.90. The van der Waals surface area contributed by atoms with Crippen molar-refractivity contribution < 1.29 is 9.47 Å². The molecule has 2 aromatic rings. The molecule has 0 unspecified atom stereocenters. The summed E-state index contributed by atoms with van der Waals surface area (Å²) in [6.45, 7) is 6.34. The molecule has 0 amide bonds. The van der Waals surface area contributed by atoms with Gasteiger partial charge in [0.2, 0.25) is 5.88 Å². The van der Waals surface area contributed by atoms with Crippen molar-refractivity contribution in [3.63, 3.8) is 0 Å². The molecule has 0 aliphatic carbocycles. The Morgan fingerprint density at radius 1 is 1.14 bits per heavy atom. The number of rotatable bonds is 4. The van der Waals surface area contributed by atoms with E-state index in [0.29, 0.717) is 11.7 Å². The Kier molecular flexibility index (Phi) is 4.28. The number of nitrogen functional groups attached to an aromatic ring is 1. The Morgan fingerprint density at radius 3 is 2.52 bits per heavy atom. The number of aromatic nitrogens is 2. The second kappa shape index (κ2) is 5.97. The molecule has 0 fully saturated rings. The van der Waals surface area contributed by atoms with E-state index in [1.807, 2.05) is 18.2 Å². The first-order chi connectivity index (χ1) is 9.94. The summed E-state index contributed by atoms with van der Waals surface area (Å²) in [4.78, 5) is 8.04. The van der Waals surface area contributed by atoms with Gasteiger partial charge in [0.15, 0.2) is 0 Å². The van der Waals surface area contributed by atoms with E-state index in [0.717, 1.165) is 17.1 Å². The molecule has 2 rings (SSSR count). The van der Waals surface area contributed by atoms with E-state index >= 15 is 0 Å². The Hall–Kier alpha value is -2.34. The molecule has 0 saturated carbocycles. The Bertz CT molecular complexity index is 623. The predicted octanol–water partition coefficient (Wildman–Crippen LogP) is 2.86. The molecule has 0 aliphatic heterocycles. The minimum Gasteiger partial charge on any atom is -0.497 e. The maximum Gasteiger partial charge on any atom is 0.224 e. The summed E-state index contributed by atoms with van der Waals surface area (Å²) in [5.41, 5.74) is 3.40. The lowest BCUT2D eigenvalue weighted by Gasteiger charge is -2.23. The number of methoxy groups -OCH3 is 1. The highest BCUT2D eigenvalue weighted by atomic mass is 16.5. The summed E-state index contributed by atoms with van der Waals surface area (Å²) in [5.74, 6) is 7.77.